The van der Waals surface area contributed by atoms with E-state index in [4.69, 9.17) is 0 Å². The first-order chi connectivity index (χ1) is 13.8. The fourth-order valence-corrected chi connectivity index (χ4v) is 3.81. The minimum atomic E-state index is -3.49. The highest BCUT2D eigenvalue weighted by Gasteiger charge is 2.53. The van der Waals surface area contributed by atoms with Crippen molar-refractivity contribution in [3.8, 4) is 10.6 Å². The Labute approximate surface area is 165 Å². The van der Waals surface area contributed by atoms with Crippen LogP contribution in [-0.4, -0.2) is 45.3 Å². The number of pyridine rings is 1. The molecule has 1 N–H and O–H groups in total. The van der Waals surface area contributed by atoms with Crippen LogP contribution in [0.2, 0.25) is 0 Å². The highest BCUT2D eigenvalue weighted by molar-refractivity contribution is 7.13. The lowest BCUT2D eigenvalue weighted by molar-refractivity contribution is -0.164. The van der Waals surface area contributed by atoms with Crippen LogP contribution in [0.5, 0.6) is 0 Å². The quantitative estimate of drug-likeness (QED) is 0.634. The van der Waals surface area contributed by atoms with Gasteiger partial charge in [0.05, 0.1) is 21.7 Å². The highest BCUT2D eigenvalue weighted by atomic mass is 32.1. The SMILES string of the molecule is O=C(c1cc(-c2cccs2)nc2ccccc12)N1N=C(C(F)F)CC1(O)C(F)F. The molecule has 1 aromatic carbocycles. The molecule has 0 bridgehead atoms. The Morgan fingerprint density at radius 2 is 1.93 bits per heavy atom. The Bertz CT molecular complexity index is 1100. The van der Waals surface area contributed by atoms with E-state index in [1.807, 2.05) is 5.38 Å². The van der Waals surface area contributed by atoms with E-state index in [0.717, 1.165) is 4.88 Å². The summed E-state index contributed by atoms with van der Waals surface area (Å²) in [5, 5.41) is 15.8. The van der Waals surface area contributed by atoms with Crippen LogP contribution < -0.4 is 0 Å². The number of aliphatic hydroxyl groups is 1. The Morgan fingerprint density at radius 1 is 1.17 bits per heavy atom. The number of hydrogen-bond donors (Lipinski definition) is 1. The standard InChI is InChI=1S/C19H13F4N3O2S/c20-16(21)14-9-19(28,18(22)23)26(25-14)17(27)11-8-13(15-6-3-7-29-15)24-12-5-2-1-4-10(11)12/h1-8,16,18,28H,9H2. The molecule has 1 aliphatic rings. The van der Waals surface area contributed by atoms with E-state index < -0.39 is 36.6 Å². The molecule has 150 valence electrons. The van der Waals surface area contributed by atoms with Gasteiger partial charge in [-0.25, -0.2) is 22.5 Å². The van der Waals surface area contributed by atoms with Gasteiger partial charge in [0.15, 0.2) is 0 Å². The summed E-state index contributed by atoms with van der Waals surface area (Å²) in [6.45, 7) is 0. The number of amides is 1. The lowest BCUT2D eigenvalue weighted by Gasteiger charge is -2.30. The molecule has 1 amide bonds. The highest BCUT2D eigenvalue weighted by Crippen LogP contribution is 2.36. The molecule has 1 unspecified atom stereocenters. The summed E-state index contributed by atoms with van der Waals surface area (Å²) in [6, 6.07) is 11.5. The predicted octanol–water partition coefficient (Wildman–Crippen LogP) is 4.38. The van der Waals surface area contributed by atoms with E-state index in [9.17, 15) is 27.5 Å². The van der Waals surface area contributed by atoms with Crippen molar-refractivity contribution in [3.63, 3.8) is 0 Å². The van der Waals surface area contributed by atoms with Crippen molar-refractivity contribution in [2.24, 2.45) is 5.10 Å². The molecule has 1 aliphatic heterocycles. The number of rotatable bonds is 4. The third-order valence-corrected chi connectivity index (χ3v) is 5.44. The zero-order chi connectivity index (χ0) is 20.8. The molecule has 0 saturated carbocycles. The van der Waals surface area contributed by atoms with Crippen LogP contribution in [0.15, 0.2) is 52.9 Å². The first kappa shape index (κ1) is 19.5. The number of fused-ring (bicyclic) bond motifs is 1. The van der Waals surface area contributed by atoms with Crippen molar-refractivity contribution < 1.29 is 27.5 Å². The number of benzene rings is 1. The smallest absolute Gasteiger partial charge is 0.287 e. The van der Waals surface area contributed by atoms with Crippen LogP contribution in [0.1, 0.15) is 16.8 Å². The lowest BCUT2D eigenvalue weighted by Crippen LogP contribution is -2.51. The molecular weight excluding hydrogens is 410 g/mol. The molecule has 10 heteroatoms. The van der Waals surface area contributed by atoms with Crippen molar-refractivity contribution in [3.05, 3.63) is 53.4 Å². The van der Waals surface area contributed by atoms with Crippen LogP contribution in [0.4, 0.5) is 17.6 Å². The third kappa shape index (κ3) is 3.28. The van der Waals surface area contributed by atoms with Gasteiger partial charge in [0.25, 0.3) is 18.8 Å². The topological polar surface area (TPSA) is 65.8 Å². The first-order valence-electron chi connectivity index (χ1n) is 8.45. The maximum atomic E-state index is 13.5. The summed E-state index contributed by atoms with van der Waals surface area (Å²) in [7, 11) is 0. The molecule has 0 fully saturated rings. The number of hydrazone groups is 1. The van der Waals surface area contributed by atoms with E-state index in [2.05, 4.69) is 10.1 Å². The van der Waals surface area contributed by atoms with Gasteiger partial charge in [-0.15, -0.1) is 11.3 Å². The van der Waals surface area contributed by atoms with Crippen LogP contribution >= 0.6 is 11.3 Å². The van der Waals surface area contributed by atoms with Gasteiger partial charge < -0.3 is 5.11 Å². The average Bonchev–Trinajstić information content (AvgIpc) is 3.35. The van der Waals surface area contributed by atoms with Crippen LogP contribution in [-0.2, 0) is 0 Å². The van der Waals surface area contributed by atoms with Crippen molar-refractivity contribution in [2.75, 3.05) is 0 Å². The van der Waals surface area contributed by atoms with Gasteiger partial charge in [0, 0.05) is 11.8 Å². The van der Waals surface area contributed by atoms with E-state index in [0.29, 0.717) is 16.6 Å². The van der Waals surface area contributed by atoms with Crippen molar-refractivity contribution in [1.29, 1.82) is 0 Å². The van der Waals surface area contributed by atoms with Gasteiger partial charge in [-0.2, -0.15) is 10.1 Å². The number of carbonyl (C=O) groups is 1. The van der Waals surface area contributed by atoms with Gasteiger partial charge >= 0.3 is 0 Å². The molecule has 29 heavy (non-hydrogen) atoms. The molecule has 1 atom stereocenters. The predicted molar refractivity (Wildman–Crippen MR) is 100 cm³/mol. The van der Waals surface area contributed by atoms with Crippen LogP contribution in [0.3, 0.4) is 0 Å². The molecule has 0 spiro atoms. The van der Waals surface area contributed by atoms with E-state index in [1.165, 1.54) is 17.4 Å². The Kier molecular flexibility index (Phi) is 4.83. The number of alkyl halides is 4. The summed E-state index contributed by atoms with van der Waals surface area (Å²) in [6.07, 6.45) is -7.79. The third-order valence-electron chi connectivity index (χ3n) is 4.55. The Hall–Kier alpha value is -2.85. The molecule has 0 aliphatic carbocycles. The van der Waals surface area contributed by atoms with Gasteiger partial charge in [-0.1, -0.05) is 24.3 Å². The van der Waals surface area contributed by atoms with Crippen molar-refractivity contribution in [1.82, 2.24) is 9.99 Å². The fraction of sp³-hybridized carbons (Fsp3) is 0.211. The maximum absolute atomic E-state index is 13.5. The molecule has 3 aromatic rings. The Morgan fingerprint density at radius 3 is 2.59 bits per heavy atom. The molecule has 5 nitrogen and oxygen atoms in total. The van der Waals surface area contributed by atoms with Crippen LogP contribution in [0, 0.1) is 0 Å². The van der Waals surface area contributed by atoms with Crippen molar-refractivity contribution in [2.45, 2.75) is 25.0 Å². The summed E-state index contributed by atoms with van der Waals surface area (Å²) in [5.74, 6) is -1.11. The van der Waals surface area contributed by atoms with E-state index in [1.54, 1.807) is 36.4 Å². The number of hydrogen-bond acceptors (Lipinski definition) is 5. The maximum Gasteiger partial charge on any atom is 0.287 e. The summed E-state index contributed by atoms with van der Waals surface area (Å²) < 4.78 is 53.2. The molecule has 2 aromatic heterocycles. The number of thiophene rings is 1. The summed E-state index contributed by atoms with van der Waals surface area (Å²) in [5.41, 5.74) is -3.36. The normalized spacial score (nSPS) is 19.4. The van der Waals surface area contributed by atoms with Gasteiger partial charge in [-0.3, -0.25) is 4.79 Å². The number of carbonyl (C=O) groups excluding carboxylic acids is 1. The molecular formula is C19H13F4N3O2S. The summed E-state index contributed by atoms with van der Waals surface area (Å²) >= 11 is 1.36. The molecule has 0 radical (unpaired) electrons. The fourth-order valence-electron chi connectivity index (χ4n) is 3.12. The minimum Gasteiger partial charge on any atom is -0.364 e. The largest absolute Gasteiger partial charge is 0.364 e. The van der Waals surface area contributed by atoms with Gasteiger partial charge in [0.1, 0.15) is 5.71 Å². The van der Waals surface area contributed by atoms with Crippen molar-refractivity contribution >= 4 is 33.9 Å². The van der Waals surface area contributed by atoms with Gasteiger partial charge in [-0.05, 0) is 23.6 Å². The number of nitrogens with zero attached hydrogens (tertiary/aromatic N) is 3. The number of para-hydroxylation sites is 1. The second-order valence-corrected chi connectivity index (χ2v) is 7.36. The second kappa shape index (κ2) is 7.20. The van der Waals surface area contributed by atoms with E-state index >= 15 is 0 Å². The lowest BCUT2D eigenvalue weighted by atomic mass is 10.0. The molecule has 0 saturated heterocycles. The molecule has 3 heterocycles. The monoisotopic (exact) mass is 423 g/mol. The minimum absolute atomic E-state index is 0.0686. The Balaban J connectivity index is 1.88. The zero-order valence-electron chi connectivity index (χ0n) is 14.6. The van der Waals surface area contributed by atoms with E-state index in [-0.39, 0.29) is 10.6 Å². The summed E-state index contributed by atoms with van der Waals surface area (Å²) in [4.78, 5) is 18.3. The molecule has 4 rings (SSSR count). The second-order valence-electron chi connectivity index (χ2n) is 6.41. The zero-order valence-corrected chi connectivity index (χ0v) is 15.4. The van der Waals surface area contributed by atoms with Crippen LogP contribution in [0.25, 0.3) is 21.5 Å². The number of aromatic nitrogens is 1. The first-order valence-corrected chi connectivity index (χ1v) is 9.33. The average molecular weight is 423 g/mol. The number of halogens is 4. The van der Waals surface area contributed by atoms with Gasteiger partial charge in [0.2, 0.25) is 5.72 Å².